The van der Waals surface area contributed by atoms with Crippen LogP contribution < -0.4 is 0 Å². The molecule has 27 heavy (non-hydrogen) atoms. The van der Waals surface area contributed by atoms with Crippen molar-refractivity contribution in [1.82, 2.24) is 0 Å². The monoisotopic (exact) mass is 470 g/mol. The first-order valence-corrected chi connectivity index (χ1v) is 9.39. The Morgan fingerprint density at radius 2 is 1.33 bits per heavy atom. The quantitative estimate of drug-likeness (QED) is 0.285. The van der Waals surface area contributed by atoms with E-state index in [4.69, 9.17) is 63.1 Å². The molecular formula is C18H15Cl5O4. The summed E-state index contributed by atoms with van der Waals surface area (Å²) in [7, 11) is 0. The van der Waals surface area contributed by atoms with E-state index in [0.29, 0.717) is 5.56 Å². The Hall–Kier alpha value is -1.17. The Morgan fingerprint density at radius 1 is 0.852 bits per heavy atom. The molecule has 0 aliphatic carbocycles. The van der Waals surface area contributed by atoms with Gasteiger partial charge >= 0.3 is 5.97 Å². The molecule has 0 saturated heterocycles. The van der Waals surface area contributed by atoms with Crippen molar-refractivity contribution >= 4 is 69.8 Å². The third-order valence-electron chi connectivity index (χ3n) is 3.45. The van der Waals surface area contributed by atoms with E-state index in [1.165, 1.54) is 0 Å². The van der Waals surface area contributed by atoms with Gasteiger partial charge in [0.1, 0.15) is 10.0 Å². The maximum Gasteiger partial charge on any atom is 0.303 e. The van der Waals surface area contributed by atoms with E-state index in [9.17, 15) is 14.7 Å². The zero-order valence-electron chi connectivity index (χ0n) is 14.2. The van der Waals surface area contributed by atoms with Gasteiger partial charge in [-0.25, -0.2) is 0 Å². The lowest BCUT2D eigenvalue weighted by Gasteiger charge is -2.06. The van der Waals surface area contributed by atoms with Crippen LogP contribution in [0.15, 0.2) is 18.2 Å². The predicted molar refractivity (Wildman–Crippen MR) is 110 cm³/mol. The molecule has 0 atom stereocenters. The second-order valence-electron chi connectivity index (χ2n) is 5.55. The molecule has 2 rings (SSSR count). The molecule has 0 unspecified atom stereocenters. The lowest BCUT2D eigenvalue weighted by molar-refractivity contribution is -0.136. The number of carboxylic acids is 1. The Kier molecular flexibility index (Phi) is 9.19. The molecule has 0 radical (unpaired) electrons. The van der Waals surface area contributed by atoms with E-state index in [1.54, 1.807) is 6.07 Å². The van der Waals surface area contributed by atoms with Crippen molar-refractivity contribution in [2.75, 3.05) is 0 Å². The highest BCUT2D eigenvalue weighted by atomic mass is 35.5. The molecule has 0 fully saturated rings. The average Bonchev–Trinajstić information content (AvgIpc) is 2.63. The first-order valence-electron chi connectivity index (χ1n) is 7.50. The fraction of sp³-hybridized carbons (Fsp3) is 0.222. The summed E-state index contributed by atoms with van der Waals surface area (Å²) in [5, 5.41) is 17.5. The van der Waals surface area contributed by atoms with Crippen LogP contribution in [0, 0.1) is 13.8 Å². The number of aryl methyl sites for hydroxylation is 2. The lowest BCUT2D eigenvalue weighted by Crippen LogP contribution is -2.05. The van der Waals surface area contributed by atoms with E-state index in [1.807, 2.05) is 26.0 Å². The van der Waals surface area contributed by atoms with Crippen LogP contribution in [0.3, 0.4) is 0 Å². The average molecular weight is 473 g/mol. The molecule has 9 heteroatoms. The summed E-state index contributed by atoms with van der Waals surface area (Å²) in [5.74, 6) is -1.40. The number of phenols is 1. The van der Waals surface area contributed by atoms with Gasteiger partial charge < -0.3 is 10.2 Å². The van der Waals surface area contributed by atoms with Crippen LogP contribution in [0.25, 0.3) is 0 Å². The van der Waals surface area contributed by atoms with Crippen molar-refractivity contribution in [3.05, 3.63) is 60.0 Å². The van der Waals surface area contributed by atoms with Gasteiger partial charge in [0.25, 0.3) is 0 Å². The van der Waals surface area contributed by atoms with Crippen LogP contribution in [0.1, 0.15) is 34.3 Å². The van der Waals surface area contributed by atoms with Crippen LogP contribution in [-0.2, 0) is 4.79 Å². The highest BCUT2D eigenvalue weighted by Crippen LogP contribution is 2.47. The number of benzene rings is 2. The number of halogens is 5. The zero-order valence-corrected chi connectivity index (χ0v) is 18.0. The number of rotatable bonds is 4. The van der Waals surface area contributed by atoms with Crippen LogP contribution >= 0.6 is 58.0 Å². The number of carbonyl (C=O) groups is 2. The van der Waals surface area contributed by atoms with Crippen molar-refractivity contribution in [1.29, 1.82) is 0 Å². The molecule has 0 heterocycles. The van der Waals surface area contributed by atoms with Gasteiger partial charge in [0.2, 0.25) is 0 Å². The van der Waals surface area contributed by atoms with Crippen molar-refractivity contribution < 1.29 is 19.8 Å². The third-order valence-corrected chi connectivity index (χ3v) is 5.70. The smallest absolute Gasteiger partial charge is 0.303 e. The molecular weight excluding hydrogens is 457 g/mol. The van der Waals surface area contributed by atoms with Gasteiger partial charge in [0.15, 0.2) is 11.5 Å². The van der Waals surface area contributed by atoms with Gasteiger partial charge in [-0.15, -0.1) is 0 Å². The summed E-state index contributed by atoms with van der Waals surface area (Å²) in [4.78, 5) is 22.0. The Morgan fingerprint density at radius 3 is 1.81 bits per heavy atom. The maximum absolute atomic E-state index is 11.7. The normalized spacial score (nSPS) is 10.2. The predicted octanol–water partition coefficient (Wildman–Crippen LogP) is 7.01. The Labute approximate surface area is 181 Å². The Bertz CT molecular complexity index is 776. The van der Waals surface area contributed by atoms with E-state index in [2.05, 4.69) is 0 Å². The number of aromatic hydroxyl groups is 1. The van der Waals surface area contributed by atoms with Crippen molar-refractivity contribution in [2.45, 2.75) is 26.7 Å². The minimum Gasteiger partial charge on any atom is -0.505 e. The molecule has 4 nitrogen and oxygen atoms in total. The van der Waals surface area contributed by atoms with E-state index < -0.39 is 5.97 Å². The minimum absolute atomic E-state index is 0.00904. The molecule has 0 aliphatic heterocycles. The summed E-state index contributed by atoms with van der Waals surface area (Å²) in [5.41, 5.74) is 2.55. The van der Waals surface area contributed by atoms with Gasteiger partial charge in [-0.2, -0.15) is 0 Å². The third kappa shape index (κ3) is 6.44. The fourth-order valence-corrected chi connectivity index (χ4v) is 3.11. The number of ketones is 1. The van der Waals surface area contributed by atoms with Gasteiger partial charge in [-0.1, -0.05) is 75.7 Å². The molecule has 0 bridgehead atoms. The van der Waals surface area contributed by atoms with Gasteiger partial charge in [-0.05, 0) is 25.5 Å². The maximum atomic E-state index is 11.7. The summed E-state index contributed by atoms with van der Waals surface area (Å²) in [6.07, 6.45) is -0.0359. The number of phenolic OH excluding ortho intramolecular Hbond substituents is 1. The summed E-state index contributed by atoms with van der Waals surface area (Å²) >= 11 is 27.9. The lowest BCUT2D eigenvalue weighted by atomic mass is 9.99. The van der Waals surface area contributed by atoms with Crippen LogP contribution in [0.5, 0.6) is 5.75 Å². The van der Waals surface area contributed by atoms with Gasteiger partial charge in [0.05, 0.1) is 21.5 Å². The molecule has 0 amide bonds. The molecule has 0 saturated carbocycles. The van der Waals surface area contributed by atoms with E-state index in [0.717, 1.165) is 11.1 Å². The van der Waals surface area contributed by atoms with Crippen LogP contribution in [0.4, 0.5) is 0 Å². The SMILES string of the molecule is Cc1ccc(C)c(C(=O)CCC(=O)O)c1.Oc1c(Cl)c(Cl)c(Cl)c(Cl)c1Cl. The molecule has 0 spiro atoms. The van der Waals surface area contributed by atoms with Crippen LogP contribution in [-0.4, -0.2) is 22.0 Å². The van der Waals surface area contributed by atoms with E-state index >= 15 is 0 Å². The second kappa shape index (κ2) is 10.4. The molecule has 0 aliphatic rings. The summed E-state index contributed by atoms with van der Waals surface area (Å²) in [6.45, 7) is 3.76. The molecule has 146 valence electrons. The van der Waals surface area contributed by atoms with Crippen LogP contribution in [0.2, 0.25) is 25.1 Å². The van der Waals surface area contributed by atoms with E-state index in [-0.39, 0.29) is 49.5 Å². The number of carbonyl (C=O) groups excluding carboxylic acids is 1. The first-order chi connectivity index (χ1) is 12.5. The molecule has 2 aromatic rings. The largest absolute Gasteiger partial charge is 0.505 e. The Balaban J connectivity index is 0.000000277. The molecule has 2 aromatic carbocycles. The second-order valence-corrected chi connectivity index (χ2v) is 7.44. The first kappa shape index (κ1) is 23.9. The topological polar surface area (TPSA) is 74.6 Å². The van der Waals surface area contributed by atoms with Gasteiger partial charge in [-0.3, -0.25) is 9.59 Å². The fourth-order valence-electron chi connectivity index (χ4n) is 1.98. The van der Waals surface area contributed by atoms with Crippen molar-refractivity contribution in [3.63, 3.8) is 0 Å². The summed E-state index contributed by atoms with van der Waals surface area (Å²) in [6, 6.07) is 5.62. The highest BCUT2D eigenvalue weighted by molar-refractivity contribution is 6.55. The number of carboxylic acid groups (broad SMARTS) is 1. The standard InChI is InChI=1S/C12H14O3.C6HCl5O/c1-8-3-4-9(2)10(7-8)11(13)5-6-12(14)15;7-1-2(8)4(10)6(12)5(11)3(1)9/h3-4,7H,5-6H2,1-2H3,(H,14,15);12H. The zero-order chi connectivity index (χ0) is 20.9. The highest BCUT2D eigenvalue weighted by Gasteiger charge is 2.18. The summed E-state index contributed by atoms with van der Waals surface area (Å²) < 4.78 is 0. The minimum atomic E-state index is -0.936. The van der Waals surface area contributed by atoms with Crippen molar-refractivity contribution in [3.8, 4) is 5.75 Å². The number of Topliss-reactive ketones (excluding diaryl/α,β-unsaturated/α-hetero) is 1. The number of aliphatic carboxylic acids is 1. The molecule has 2 N–H and O–H groups in total. The van der Waals surface area contributed by atoms with Gasteiger partial charge in [0, 0.05) is 12.0 Å². The van der Waals surface area contributed by atoms with Crippen molar-refractivity contribution in [2.24, 2.45) is 0 Å². The number of hydrogen-bond acceptors (Lipinski definition) is 3. The number of hydrogen-bond donors (Lipinski definition) is 2. The molecule has 0 aromatic heterocycles.